The molecule has 0 aliphatic heterocycles. The Hall–Kier alpha value is -1.15. The highest BCUT2D eigenvalue weighted by atomic mass is 32.2. The number of hydrogen-bond acceptors (Lipinski definition) is 2. The third kappa shape index (κ3) is 3.67. The number of benzene rings is 1. The van der Waals surface area contributed by atoms with Gasteiger partial charge in [-0.15, -0.1) is 11.8 Å². The molecule has 1 aromatic carbocycles. The second kappa shape index (κ2) is 5.97. The van der Waals surface area contributed by atoms with E-state index in [4.69, 9.17) is 0 Å². The topological polar surface area (TPSA) is 20.2 Å². The van der Waals surface area contributed by atoms with Crippen LogP contribution in [0.2, 0.25) is 0 Å². The maximum atomic E-state index is 9.20. The fraction of sp³-hybridized carbons (Fsp3) is 0.333. The van der Waals surface area contributed by atoms with Crippen LogP contribution in [0.5, 0.6) is 5.75 Å². The second-order valence-corrected chi connectivity index (χ2v) is 5.47. The maximum absolute atomic E-state index is 9.20. The predicted molar refractivity (Wildman–Crippen MR) is 75.3 cm³/mol. The first-order valence-electron chi connectivity index (χ1n) is 6.04. The number of aromatic hydroxyl groups is 1. The molecule has 1 aliphatic rings. The highest BCUT2D eigenvalue weighted by molar-refractivity contribution is 7.99. The largest absolute Gasteiger partial charge is 0.508 e. The maximum Gasteiger partial charge on any atom is 0.115 e. The summed E-state index contributed by atoms with van der Waals surface area (Å²) in [6, 6.07) is 7.48. The molecule has 1 unspecified atom stereocenters. The lowest BCUT2D eigenvalue weighted by Crippen LogP contribution is -2.01. The SMILES string of the molecule is CCC1=CCC(SCc2ccc(O)cc2)C=C1. The van der Waals surface area contributed by atoms with Gasteiger partial charge in [0, 0.05) is 11.0 Å². The Bertz CT molecular complexity index is 417. The van der Waals surface area contributed by atoms with Gasteiger partial charge in [0.25, 0.3) is 0 Å². The molecule has 17 heavy (non-hydrogen) atoms. The van der Waals surface area contributed by atoms with Crippen LogP contribution in [0, 0.1) is 0 Å². The van der Waals surface area contributed by atoms with Gasteiger partial charge in [-0.2, -0.15) is 0 Å². The van der Waals surface area contributed by atoms with E-state index in [0.717, 1.165) is 18.6 Å². The summed E-state index contributed by atoms with van der Waals surface area (Å²) in [5.41, 5.74) is 2.72. The monoisotopic (exact) mass is 246 g/mol. The second-order valence-electron chi connectivity index (χ2n) is 4.24. The molecule has 0 amide bonds. The van der Waals surface area contributed by atoms with Crippen LogP contribution in [-0.2, 0) is 5.75 Å². The first-order valence-corrected chi connectivity index (χ1v) is 7.09. The van der Waals surface area contributed by atoms with Crippen LogP contribution in [0.3, 0.4) is 0 Å². The third-order valence-corrected chi connectivity index (χ3v) is 4.22. The van der Waals surface area contributed by atoms with Gasteiger partial charge < -0.3 is 5.11 Å². The summed E-state index contributed by atoms with van der Waals surface area (Å²) in [5, 5.41) is 9.80. The van der Waals surface area contributed by atoms with Crippen molar-refractivity contribution in [2.75, 3.05) is 0 Å². The fourth-order valence-electron chi connectivity index (χ4n) is 1.83. The molecule has 1 atom stereocenters. The first-order chi connectivity index (χ1) is 8.28. The number of allylic oxidation sites excluding steroid dienone is 3. The van der Waals surface area contributed by atoms with E-state index in [1.807, 2.05) is 23.9 Å². The number of phenols is 1. The molecule has 1 nitrogen and oxygen atoms in total. The minimum Gasteiger partial charge on any atom is -0.508 e. The normalized spacial score (nSPS) is 19.1. The van der Waals surface area contributed by atoms with Crippen molar-refractivity contribution < 1.29 is 5.11 Å². The lowest BCUT2D eigenvalue weighted by molar-refractivity contribution is 0.475. The summed E-state index contributed by atoms with van der Waals surface area (Å²) >= 11 is 1.96. The van der Waals surface area contributed by atoms with E-state index in [-0.39, 0.29) is 0 Å². The Labute approximate surface area is 107 Å². The highest BCUT2D eigenvalue weighted by Gasteiger charge is 2.08. The molecule has 0 bridgehead atoms. The quantitative estimate of drug-likeness (QED) is 0.855. The summed E-state index contributed by atoms with van der Waals surface area (Å²) in [7, 11) is 0. The van der Waals surface area contributed by atoms with E-state index >= 15 is 0 Å². The van der Waals surface area contributed by atoms with E-state index in [2.05, 4.69) is 25.2 Å². The van der Waals surface area contributed by atoms with Gasteiger partial charge in [-0.3, -0.25) is 0 Å². The van der Waals surface area contributed by atoms with Crippen LogP contribution in [0.4, 0.5) is 0 Å². The van der Waals surface area contributed by atoms with Crippen molar-refractivity contribution in [2.24, 2.45) is 0 Å². The minimum absolute atomic E-state index is 0.340. The van der Waals surface area contributed by atoms with Gasteiger partial charge in [-0.05, 0) is 30.5 Å². The van der Waals surface area contributed by atoms with Crippen molar-refractivity contribution in [1.82, 2.24) is 0 Å². The molecule has 1 N–H and O–H groups in total. The van der Waals surface area contributed by atoms with Gasteiger partial charge in [-0.1, -0.05) is 42.9 Å². The fourth-order valence-corrected chi connectivity index (χ4v) is 2.85. The lowest BCUT2D eigenvalue weighted by Gasteiger charge is -2.15. The van der Waals surface area contributed by atoms with Crippen LogP contribution in [-0.4, -0.2) is 10.4 Å². The first kappa shape index (κ1) is 12.3. The van der Waals surface area contributed by atoms with Gasteiger partial charge in [0.2, 0.25) is 0 Å². The van der Waals surface area contributed by atoms with Crippen LogP contribution >= 0.6 is 11.8 Å². The molecular formula is C15H18OS. The Kier molecular flexibility index (Phi) is 4.32. The zero-order valence-electron chi connectivity index (χ0n) is 10.1. The van der Waals surface area contributed by atoms with E-state index in [9.17, 15) is 5.11 Å². The van der Waals surface area contributed by atoms with Crippen LogP contribution in [0.25, 0.3) is 0 Å². The zero-order chi connectivity index (χ0) is 12.1. The van der Waals surface area contributed by atoms with Crippen molar-refractivity contribution in [3.05, 3.63) is 53.6 Å². The van der Waals surface area contributed by atoms with E-state index in [1.165, 1.54) is 11.1 Å². The predicted octanol–water partition coefficient (Wildman–Crippen LogP) is 4.29. The Morgan fingerprint density at radius 3 is 2.65 bits per heavy atom. The van der Waals surface area contributed by atoms with Gasteiger partial charge >= 0.3 is 0 Å². The summed E-state index contributed by atoms with van der Waals surface area (Å²) in [6.45, 7) is 2.19. The molecule has 0 heterocycles. The molecule has 1 aliphatic carbocycles. The highest BCUT2D eigenvalue weighted by Crippen LogP contribution is 2.26. The van der Waals surface area contributed by atoms with Crippen LogP contribution in [0.15, 0.2) is 48.1 Å². The number of hydrogen-bond donors (Lipinski definition) is 1. The number of thioether (sulfide) groups is 1. The third-order valence-electron chi connectivity index (χ3n) is 2.95. The Balaban J connectivity index is 1.82. The smallest absolute Gasteiger partial charge is 0.115 e. The minimum atomic E-state index is 0.340. The molecule has 1 aromatic rings. The van der Waals surface area contributed by atoms with Gasteiger partial charge in [0.05, 0.1) is 0 Å². The van der Waals surface area contributed by atoms with Gasteiger partial charge in [0.15, 0.2) is 0 Å². The number of phenolic OH excluding ortho intramolecular Hbond substituents is 1. The molecule has 0 spiro atoms. The van der Waals surface area contributed by atoms with Gasteiger partial charge in [0.1, 0.15) is 5.75 Å². The van der Waals surface area contributed by atoms with Crippen molar-refractivity contribution in [3.63, 3.8) is 0 Å². The summed E-state index contributed by atoms with van der Waals surface area (Å²) in [6.07, 6.45) is 9.17. The summed E-state index contributed by atoms with van der Waals surface area (Å²) in [4.78, 5) is 0. The molecule has 0 radical (unpaired) electrons. The summed E-state index contributed by atoms with van der Waals surface area (Å²) in [5.74, 6) is 1.34. The molecule has 2 rings (SSSR count). The van der Waals surface area contributed by atoms with Crippen molar-refractivity contribution >= 4 is 11.8 Å². The molecule has 90 valence electrons. The Morgan fingerprint density at radius 1 is 1.29 bits per heavy atom. The molecule has 0 fully saturated rings. The standard InChI is InChI=1S/C15H18OS/c1-2-12-5-9-15(10-6-12)17-11-13-3-7-14(16)8-4-13/h3-9,15-16H,2,10-11H2,1H3. The van der Waals surface area contributed by atoms with Crippen LogP contribution in [0.1, 0.15) is 25.3 Å². The van der Waals surface area contributed by atoms with E-state index < -0.39 is 0 Å². The molecule has 2 heteroatoms. The average molecular weight is 246 g/mol. The summed E-state index contributed by atoms with van der Waals surface area (Å²) < 4.78 is 0. The lowest BCUT2D eigenvalue weighted by atomic mass is 10.1. The van der Waals surface area contributed by atoms with Gasteiger partial charge in [-0.25, -0.2) is 0 Å². The zero-order valence-corrected chi connectivity index (χ0v) is 10.9. The van der Waals surface area contributed by atoms with Crippen LogP contribution < -0.4 is 0 Å². The average Bonchev–Trinajstić information content (AvgIpc) is 2.39. The van der Waals surface area contributed by atoms with Crippen molar-refractivity contribution in [1.29, 1.82) is 0 Å². The van der Waals surface area contributed by atoms with Crippen molar-refractivity contribution in [2.45, 2.75) is 30.8 Å². The van der Waals surface area contributed by atoms with E-state index in [0.29, 0.717) is 11.0 Å². The molecule has 0 saturated carbocycles. The molecule has 0 aromatic heterocycles. The number of rotatable bonds is 4. The molecule has 0 saturated heterocycles. The molecular weight excluding hydrogens is 228 g/mol. The Morgan fingerprint density at radius 2 is 2.06 bits per heavy atom. The van der Waals surface area contributed by atoms with E-state index in [1.54, 1.807) is 12.1 Å². The van der Waals surface area contributed by atoms with Crippen molar-refractivity contribution in [3.8, 4) is 5.75 Å².